The van der Waals surface area contributed by atoms with E-state index in [9.17, 15) is 4.79 Å². The molecule has 0 aliphatic carbocycles. The molecule has 0 unspecified atom stereocenters. The third-order valence-electron chi connectivity index (χ3n) is 2.60. The first-order chi connectivity index (χ1) is 8.06. The summed E-state index contributed by atoms with van der Waals surface area (Å²) in [7, 11) is 1.83. The Morgan fingerprint density at radius 3 is 2.82 bits per heavy atom. The second-order valence-electron chi connectivity index (χ2n) is 4.09. The normalized spacial score (nSPS) is 10.5. The zero-order valence-corrected chi connectivity index (χ0v) is 10.5. The van der Waals surface area contributed by atoms with Crippen LogP contribution in [0.5, 0.6) is 0 Å². The number of carbonyl (C=O) groups excluding carboxylic acids is 1. The first-order valence-electron chi connectivity index (χ1n) is 5.33. The van der Waals surface area contributed by atoms with E-state index < -0.39 is 0 Å². The second-order valence-corrected chi connectivity index (χ2v) is 4.49. The van der Waals surface area contributed by atoms with Crippen LogP contribution in [0.3, 0.4) is 0 Å². The monoisotopic (exact) mass is 248 g/mol. The highest BCUT2D eigenvalue weighted by Crippen LogP contribution is 2.17. The van der Waals surface area contributed by atoms with Crippen LogP contribution in [-0.4, -0.2) is 15.6 Å². The number of hydrogen-bond donors (Lipinski definition) is 0. The first-order valence-corrected chi connectivity index (χ1v) is 5.71. The van der Waals surface area contributed by atoms with Crippen molar-refractivity contribution in [3.63, 3.8) is 0 Å². The number of nitrogens with zero attached hydrogens (tertiary/aromatic N) is 2. The molecule has 2 rings (SSSR count). The first kappa shape index (κ1) is 11.9. The standard InChI is InChI=1S/C13H13ClN2O/c1-9-5-11(3-4-12(9)14)13(17)6-10-7-15-16(2)8-10/h3-5,7-8H,6H2,1-2H3. The van der Waals surface area contributed by atoms with Crippen molar-refractivity contribution in [3.8, 4) is 0 Å². The molecule has 0 saturated carbocycles. The predicted octanol–water partition coefficient (Wildman–Crippen LogP) is 2.81. The van der Waals surface area contributed by atoms with Crippen molar-refractivity contribution in [1.29, 1.82) is 0 Å². The number of halogens is 1. The molecule has 1 aromatic carbocycles. The topological polar surface area (TPSA) is 34.9 Å². The molecule has 0 aliphatic rings. The fraction of sp³-hybridized carbons (Fsp3) is 0.231. The van der Waals surface area contributed by atoms with Gasteiger partial charge in [0.25, 0.3) is 0 Å². The molecule has 88 valence electrons. The van der Waals surface area contributed by atoms with E-state index in [4.69, 9.17) is 11.6 Å². The highest BCUT2D eigenvalue weighted by molar-refractivity contribution is 6.31. The lowest BCUT2D eigenvalue weighted by atomic mass is 10.0. The highest BCUT2D eigenvalue weighted by Gasteiger charge is 2.09. The molecule has 0 aliphatic heterocycles. The van der Waals surface area contributed by atoms with E-state index in [1.807, 2.05) is 26.2 Å². The average Bonchev–Trinajstić information content (AvgIpc) is 2.68. The van der Waals surface area contributed by atoms with Crippen LogP contribution in [0.2, 0.25) is 5.02 Å². The Morgan fingerprint density at radius 1 is 1.47 bits per heavy atom. The van der Waals surface area contributed by atoms with Crippen LogP contribution in [-0.2, 0) is 13.5 Å². The van der Waals surface area contributed by atoms with Crippen LogP contribution in [0.1, 0.15) is 21.5 Å². The summed E-state index contributed by atoms with van der Waals surface area (Å²) in [6.07, 6.45) is 3.93. The average molecular weight is 249 g/mol. The van der Waals surface area contributed by atoms with Crippen molar-refractivity contribution < 1.29 is 4.79 Å². The van der Waals surface area contributed by atoms with Gasteiger partial charge in [-0.05, 0) is 36.2 Å². The summed E-state index contributed by atoms with van der Waals surface area (Å²) in [6, 6.07) is 5.34. The van der Waals surface area contributed by atoms with Crippen LogP contribution in [0.25, 0.3) is 0 Å². The fourth-order valence-corrected chi connectivity index (χ4v) is 1.79. The Balaban J connectivity index is 2.17. The summed E-state index contributed by atoms with van der Waals surface area (Å²) in [6.45, 7) is 1.89. The van der Waals surface area contributed by atoms with E-state index in [-0.39, 0.29) is 5.78 Å². The van der Waals surface area contributed by atoms with Gasteiger partial charge in [0.2, 0.25) is 0 Å². The third kappa shape index (κ3) is 2.74. The number of hydrogen-bond acceptors (Lipinski definition) is 2. The molecular formula is C13H13ClN2O. The number of Topliss-reactive ketones (excluding diaryl/α,β-unsaturated/α-hetero) is 1. The zero-order chi connectivity index (χ0) is 12.4. The maximum atomic E-state index is 12.0. The molecule has 0 spiro atoms. The molecule has 0 atom stereocenters. The van der Waals surface area contributed by atoms with Gasteiger partial charge in [0, 0.05) is 30.3 Å². The number of aromatic nitrogens is 2. The summed E-state index contributed by atoms with van der Waals surface area (Å²) in [5.41, 5.74) is 2.53. The van der Waals surface area contributed by atoms with Crippen molar-refractivity contribution in [2.45, 2.75) is 13.3 Å². The Morgan fingerprint density at radius 2 is 2.24 bits per heavy atom. The minimum atomic E-state index is 0.0813. The van der Waals surface area contributed by atoms with Crippen LogP contribution < -0.4 is 0 Å². The summed E-state index contributed by atoms with van der Waals surface area (Å²) >= 11 is 5.92. The third-order valence-corrected chi connectivity index (χ3v) is 3.03. The minimum absolute atomic E-state index is 0.0813. The van der Waals surface area contributed by atoms with Gasteiger partial charge in [0.05, 0.1) is 6.20 Å². The fourth-order valence-electron chi connectivity index (χ4n) is 1.67. The zero-order valence-electron chi connectivity index (χ0n) is 9.77. The molecule has 0 saturated heterocycles. The lowest BCUT2D eigenvalue weighted by molar-refractivity contribution is 0.0993. The predicted molar refractivity (Wildman–Crippen MR) is 67.4 cm³/mol. The van der Waals surface area contributed by atoms with Gasteiger partial charge < -0.3 is 0 Å². The molecule has 17 heavy (non-hydrogen) atoms. The molecule has 3 nitrogen and oxygen atoms in total. The van der Waals surface area contributed by atoms with E-state index >= 15 is 0 Å². The Labute approximate surface area is 105 Å². The summed E-state index contributed by atoms with van der Waals surface area (Å²) in [4.78, 5) is 12.0. The van der Waals surface area contributed by atoms with Crippen molar-refractivity contribution in [1.82, 2.24) is 9.78 Å². The minimum Gasteiger partial charge on any atom is -0.294 e. The molecular weight excluding hydrogens is 236 g/mol. The Bertz CT molecular complexity index is 560. The number of rotatable bonds is 3. The lowest BCUT2D eigenvalue weighted by Crippen LogP contribution is -2.03. The van der Waals surface area contributed by atoms with Crippen LogP contribution in [0, 0.1) is 6.92 Å². The molecule has 4 heteroatoms. The van der Waals surface area contributed by atoms with Crippen molar-refractivity contribution >= 4 is 17.4 Å². The van der Waals surface area contributed by atoms with Gasteiger partial charge in [0.1, 0.15) is 0 Å². The summed E-state index contributed by atoms with van der Waals surface area (Å²) in [5.74, 6) is 0.0813. The summed E-state index contributed by atoms with van der Waals surface area (Å²) in [5, 5.41) is 4.72. The Hall–Kier alpha value is -1.61. The van der Waals surface area contributed by atoms with E-state index in [0.717, 1.165) is 11.1 Å². The quantitative estimate of drug-likeness (QED) is 0.783. The molecule has 1 heterocycles. The molecule has 0 fully saturated rings. The molecule has 1 aromatic heterocycles. The molecule has 0 radical (unpaired) electrons. The summed E-state index contributed by atoms with van der Waals surface area (Å²) < 4.78 is 1.69. The van der Waals surface area contributed by atoms with E-state index in [1.54, 1.807) is 23.0 Å². The van der Waals surface area contributed by atoms with Gasteiger partial charge in [-0.1, -0.05) is 11.6 Å². The molecule has 0 bridgehead atoms. The second kappa shape index (κ2) is 4.72. The smallest absolute Gasteiger partial charge is 0.167 e. The maximum absolute atomic E-state index is 12.0. The SMILES string of the molecule is Cc1cc(C(=O)Cc2cnn(C)c2)ccc1Cl. The van der Waals surface area contributed by atoms with Crippen LogP contribution >= 0.6 is 11.6 Å². The van der Waals surface area contributed by atoms with E-state index in [1.165, 1.54) is 0 Å². The number of carbonyl (C=O) groups is 1. The van der Waals surface area contributed by atoms with Gasteiger partial charge in [-0.3, -0.25) is 9.48 Å². The van der Waals surface area contributed by atoms with Gasteiger partial charge in [-0.2, -0.15) is 5.10 Å². The van der Waals surface area contributed by atoms with Crippen LogP contribution in [0.4, 0.5) is 0 Å². The van der Waals surface area contributed by atoms with Gasteiger partial charge in [0.15, 0.2) is 5.78 Å². The largest absolute Gasteiger partial charge is 0.294 e. The maximum Gasteiger partial charge on any atom is 0.167 e. The number of benzene rings is 1. The van der Waals surface area contributed by atoms with Crippen molar-refractivity contribution in [2.24, 2.45) is 7.05 Å². The Kier molecular flexibility index (Phi) is 3.29. The van der Waals surface area contributed by atoms with E-state index in [0.29, 0.717) is 17.0 Å². The van der Waals surface area contributed by atoms with Crippen LogP contribution in [0.15, 0.2) is 30.6 Å². The number of ketones is 1. The highest BCUT2D eigenvalue weighted by atomic mass is 35.5. The lowest BCUT2D eigenvalue weighted by Gasteiger charge is -2.02. The van der Waals surface area contributed by atoms with Gasteiger partial charge >= 0.3 is 0 Å². The van der Waals surface area contributed by atoms with E-state index in [2.05, 4.69) is 5.10 Å². The number of aryl methyl sites for hydroxylation is 2. The van der Waals surface area contributed by atoms with Gasteiger partial charge in [-0.25, -0.2) is 0 Å². The molecule has 2 aromatic rings. The van der Waals surface area contributed by atoms with Crippen molar-refractivity contribution in [3.05, 3.63) is 52.3 Å². The molecule has 0 amide bonds. The van der Waals surface area contributed by atoms with Crippen molar-refractivity contribution in [2.75, 3.05) is 0 Å². The van der Waals surface area contributed by atoms with Gasteiger partial charge in [-0.15, -0.1) is 0 Å². The molecule has 0 N–H and O–H groups in total.